The van der Waals surface area contributed by atoms with Crippen molar-refractivity contribution in [1.29, 1.82) is 0 Å². The van der Waals surface area contributed by atoms with E-state index in [4.69, 9.17) is 4.99 Å². The molecule has 1 atom stereocenters. The standard InChI is InChI=1S/C20H29N5O2.HI/c1-3-21-20(23-14-15-8-7-12-24(15)4-2)22-11-13-25-18(26)16-9-5-6-10-17(16)19(25)27;/h5-6,9-10,15H,3-4,7-8,11-14H2,1-2H3,(H2,21,22,23);1H. The fraction of sp³-hybridized carbons (Fsp3) is 0.550. The van der Waals surface area contributed by atoms with E-state index in [1.165, 1.54) is 17.7 Å². The van der Waals surface area contributed by atoms with Gasteiger partial charge in [-0.3, -0.25) is 24.4 Å². The van der Waals surface area contributed by atoms with Crippen LogP contribution in [0.15, 0.2) is 29.3 Å². The van der Waals surface area contributed by atoms with Gasteiger partial charge in [-0.2, -0.15) is 0 Å². The van der Waals surface area contributed by atoms with E-state index in [2.05, 4.69) is 22.5 Å². The maximum Gasteiger partial charge on any atom is 0.261 e. The molecule has 2 N–H and O–H groups in total. The largest absolute Gasteiger partial charge is 0.357 e. The van der Waals surface area contributed by atoms with Gasteiger partial charge >= 0.3 is 0 Å². The average molecular weight is 499 g/mol. The van der Waals surface area contributed by atoms with Gasteiger partial charge in [0.05, 0.1) is 17.7 Å². The first-order valence-electron chi connectivity index (χ1n) is 9.87. The second-order valence-corrected chi connectivity index (χ2v) is 6.88. The molecule has 1 aromatic rings. The fourth-order valence-electron chi connectivity index (χ4n) is 3.78. The molecule has 0 radical (unpaired) electrons. The number of rotatable bonds is 7. The van der Waals surface area contributed by atoms with Gasteiger partial charge in [-0.05, 0) is 45.0 Å². The summed E-state index contributed by atoms with van der Waals surface area (Å²) in [4.78, 5) is 33.3. The number of carbonyl (C=O) groups excluding carboxylic acids is 2. The molecule has 1 unspecified atom stereocenters. The van der Waals surface area contributed by atoms with Crippen LogP contribution in [0.4, 0.5) is 0 Å². The van der Waals surface area contributed by atoms with Crippen LogP contribution in [0.5, 0.6) is 0 Å². The first kappa shape index (κ1) is 22.6. The molecule has 1 aromatic carbocycles. The van der Waals surface area contributed by atoms with Crippen LogP contribution >= 0.6 is 24.0 Å². The van der Waals surface area contributed by atoms with Crippen LogP contribution in [0.2, 0.25) is 0 Å². The summed E-state index contributed by atoms with van der Waals surface area (Å²) in [5.74, 6) is 0.296. The number of imide groups is 1. The maximum atomic E-state index is 12.4. The lowest BCUT2D eigenvalue weighted by atomic mass is 10.1. The Hall–Kier alpha value is -1.68. The Balaban J connectivity index is 0.00000280. The zero-order chi connectivity index (χ0) is 19.2. The highest BCUT2D eigenvalue weighted by molar-refractivity contribution is 14.0. The van der Waals surface area contributed by atoms with Gasteiger partial charge in [-0.25, -0.2) is 0 Å². The van der Waals surface area contributed by atoms with Crippen molar-refractivity contribution in [2.75, 3.05) is 39.3 Å². The molecular weight excluding hydrogens is 469 g/mol. The minimum Gasteiger partial charge on any atom is -0.357 e. The highest BCUT2D eigenvalue weighted by Gasteiger charge is 2.34. The van der Waals surface area contributed by atoms with Crippen LogP contribution in [0.1, 0.15) is 47.4 Å². The molecule has 1 saturated heterocycles. The van der Waals surface area contributed by atoms with E-state index >= 15 is 0 Å². The van der Waals surface area contributed by atoms with E-state index in [9.17, 15) is 9.59 Å². The number of nitrogens with one attached hydrogen (secondary N) is 2. The molecule has 2 amide bonds. The van der Waals surface area contributed by atoms with Gasteiger partial charge < -0.3 is 10.6 Å². The summed E-state index contributed by atoms with van der Waals surface area (Å²) in [6, 6.07) is 7.47. The molecule has 28 heavy (non-hydrogen) atoms. The monoisotopic (exact) mass is 499 g/mol. The van der Waals surface area contributed by atoms with Gasteiger partial charge in [0.15, 0.2) is 5.96 Å². The van der Waals surface area contributed by atoms with Crippen molar-refractivity contribution in [1.82, 2.24) is 20.4 Å². The molecule has 8 heteroatoms. The van der Waals surface area contributed by atoms with Crippen molar-refractivity contribution >= 4 is 41.8 Å². The van der Waals surface area contributed by atoms with Gasteiger partial charge in [0, 0.05) is 25.7 Å². The highest BCUT2D eigenvalue weighted by Crippen LogP contribution is 2.21. The molecule has 0 bridgehead atoms. The molecular formula is C20H30IN5O2. The lowest BCUT2D eigenvalue weighted by Gasteiger charge is -2.22. The number of amides is 2. The summed E-state index contributed by atoms with van der Waals surface area (Å²) < 4.78 is 0. The molecule has 2 aliphatic rings. The van der Waals surface area contributed by atoms with Crippen LogP contribution in [0.3, 0.4) is 0 Å². The molecule has 0 aromatic heterocycles. The summed E-state index contributed by atoms with van der Waals surface area (Å²) in [6.07, 6.45) is 2.42. The second-order valence-electron chi connectivity index (χ2n) is 6.88. The third-order valence-corrected chi connectivity index (χ3v) is 5.22. The summed E-state index contributed by atoms with van der Waals surface area (Å²) in [7, 11) is 0. The Morgan fingerprint density at radius 2 is 1.82 bits per heavy atom. The van der Waals surface area contributed by atoms with Gasteiger partial charge in [0.2, 0.25) is 0 Å². The second kappa shape index (κ2) is 10.8. The number of guanidine groups is 1. The Morgan fingerprint density at radius 3 is 2.43 bits per heavy atom. The topological polar surface area (TPSA) is 77.0 Å². The van der Waals surface area contributed by atoms with Crippen LogP contribution < -0.4 is 10.6 Å². The number of halogens is 1. The first-order valence-corrected chi connectivity index (χ1v) is 9.87. The molecule has 2 heterocycles. The van der Waals surface area contributed by atoms with Crippen molar-refractivity contribution in [3.05, 3.63) is 35.4 Å². The predicted octanol–water partition coefficient (Wildman–Crippen LogP) is 1.94. The number of carbonyl (C=O) groups is 2. The van der Waals surface area contributed by atoms with Crippen LogP contribution in [-0.4, -0.2) is 72.9 Å². The summed E-state index contributed by atoms with van der Waals surface area (Å²) in [6.45, 7) is 8.74. The van der Waals surface area contributed by atoms with E-state index in [1.54, 1.807) is 24.3 Å². The van der Waals surface area contributed by atoms with Gasteiger partial charge in [-0.1, -0.05) is 19.1 Å². The molecule has 0 saturated carbocycles. The van der Waals surface area contributed by atoms with Gasteiger partial charge in [0.25, 0.3) is 11.8 Å². The van der Waals surface area contributed by atoms with E-state index in [-0.39, 0.29) is 35.8 Å². The number of likely N-dealkylation sites (tertiary alicyclic amines) is 1. The minimum absolute atomic E-state index is 0. The Bertz CT molecular complexity index is 689. The number of hydrogen-bond acceptors (Lipinski definition) is 4. The van der Waals surface area contributed by atoms with E-state index in [0.717, 1.165) is 32.1 Å². The molecule has 1 fully saturated rings. The molecule has 3 rings (SSSR count). The van der Waals surface area contributed by atoms with Gasteiger partial charge in [0.1, 0.15) is 0 Å². The zero-order valence-electron chi connectivity index (χ0n) is 16.6. The van der Waals surface area contributed by atoms with Crippen molar-refractivity contribution in [2.24, 2.45) is 4.99 Å². The Kier molecular flexibility index (Phi) is 8.68. The molecule has 154 valence electrons. The summed E-state index contributed by atoms with van der Waals surface area (Å²) >= 11 is 0. The fourth-order valence-corrected chi connectivity index (χ4v) is 3.78. The van der Waals surface area contributed by atoms with Gasteiger partial charge in [-0.15, -0.1) is 24.0 Å². The first-order chi connectivity index (χ1) is 13.2. The summed E-state index contributed by atoms with van der Waals surface area (Å²) in [5, 5.41) is 6.48. The molecule has 0 spiro atoms. The van der Waals surface area contributed by atoms with Crippen LogP contribution in [-0.2, 0) is 0 Å². The zero-order valence-corrected chi connectivity index (χ0v) is 18.9. The van der Waals surface area contributed by atoms with Crippen molar-refractivity contribution in [2.45, 2.75) is 32.7 Å². The lowest BCUT2D eigenvalue weighted by Crippen LogP contribution is -2.43. The molecule has 7 nitrogen and oxygen atoms in total. The molecule has 0 aliphatic carbocycles. The number of hydrogen-bond donors (Lipinski definition) is 2. The highest BCUT2D eigenvalue weighted by atomic mass is 127. The average Bonchev–Trinajstić information content (AvgIpc) is 3.24. The normalized spacial score (nSPS) is 19.6. The predicted molar refractivity (Wildman–Crippen MR) is 121 cm³/mol. The quantitative estimate of drug-likeness (QED) is 0.260. The smallest absolute Gasteiger partial charge is 0.261 e. The SMILES string of the molecule is CCNC(=NCC1CCCN1CC)NCCN1C(=O)c2ccccc2C1=O.I. The number of aliphatic imine (C=N–C) groups is 1. The number of fused-ring (bicyclic) bond motifs is 1. The van der Waals surface area contributed by atoms with E-state index in [1.807, 2.05) is 6.92 Å². The Morgan fingerprint density at radius 1 is 1.14 bits per heavy atom. The third-order valence-electron chi connectivity index (χ3n) is 5.22. The number of benzene rings is 1. The third kappa shape index (κ3) is 5.02. The maximum absolute atomic E-state index is 12.4. The Labute approximate surface area is 184 Å². The van der Waals surface area contributed by atoms with E-state index in [0.29, 0.717) is 30.3 Å². The van der Waals surface area contributed by atoms with Crippen molar-refractivity contribution in [3.63, 3.8) is 0 Å². The van der Waals surface area contributed by atoms with E-state index < -0.39 is 0 Å². The van der Waals surface area contributed by atoms with Crippen LogP contribution in [0, 0.1) is 0 Å². The number of nitrogens with zero attached hydrogens (tertiary/aromatic N) is 3. The lowest BCUT2D eigenvalue weighted by molar-refractivity contribution is 0.0657. The van der Waals surface area contributed by atoms with Crippen molar-refractivity contribution in [3.8, 4) is 0 Å². The molecule has 2 aliphatic heterocycles. The minimum atomic E-state index is -0.219. The van der Waals surface area contributed by atoms with Crippen molar-refractivity contribution < 1.29 is 9.59 Å². The summed E-state index contributed by atoms with van der Waals surface area (Å²) in [5.41, 5.74) is 0.980. The number of likely N-dealkylation sites (N-methyl/N-ethyl adjacent to an activating group) is 1. The van der Waals surface area contributed by atoms with Crippen LogP contribution in [0.25, 0.3) is 0 Å².